The monoisotopic (exact) mass is 262 g/mol. The van der Waals surface area contributed by atoms with Crippen LogP contribution in [-0.2, 0) is 16.1 Å². The maximum atomic E-state index is 12.8. The number of likely N-dealkylation sites (tertiary alicyclic amines) is 1. The Bertz CT molecular complexity index is 499. The topological polar surface area (TPSA) is 49.4 Å². The van der Waals surface area contributed by atoms with E-state index in [-0.39, 0.29) is 17.6 Å². The lowest BCUT2D eigenvalue weighted by Crippen LogP contribution is -2.40. The normalized spacial score (nSPS) is 18.5. The number of rotatable bonds is 4. The number of hydrogen-bond donors (Lipinski definition) is 1. The van der Waals surface area contributed by atoms with Crippen LogP contribution in [-0.4, -0.2) is 29.3 Å². The molecule has 2 rings (SSSR count). The van der Waals surface area contributed by atoms with Gasteiger partial charge in [-0.25, -0.2) is 4.39 Å². The smallest absolute Gasteiger partial charge is 0.245 e. The van der Waals surface area contributed by atoms with E-state index in [1.54, 1.807) is 17.0 Å². The van der Waals surface area contributed by atoms with E-state index in [1.165, 1.54) is 12.1 Å². The molecule has 0 saturated carbocycles. The van der Waals surface area contributed by atoms with E-state index >= 15 is 0 Å². The Hall–Kier alpha value is -2.17. The van der Waals surface area contributed by atoms with E-state index < -0.39 is 6.04 Å². The maximum Gasteiger partial charge on any atom is 0.245 e. The van der Waals surface area contributed by atoms with Crippen LogP contribution in [0.3, 0.4) is 0 Å². The fourth-order valence-corrected chi connectivity index (χ4v) is 2.07. The average molecular weight is 262 g/mol. The van der Waals surface area contributed by atoms with Gasteiger partial charge >= 0.3 is 0 Å². The number of nitrogens with one attached hydrogen (secondary N) is 1. The van der Waals surface area contributed by atoms with Crippen LogP contribution in [0.2, 0.25) is 0 Å². The van der Waals surface area contributed by atoms with Gasteiger partial charge in [-0.15, -0.1) is 0 Å². The zero-order chi connectivity index (χ0) is 13.8. The second-order valence-corrected chi connectivity index (χ2v) is 4.44. The molecule has 0 aliphatic carbocycles. The fraction of sp³-hybridized carbons (Fsp3) is 0.286. The molecule has 1 heterocycles. The number of amides is 2. The fourth-order valence-electron chi connectivity index (χ4n) is 2.07. The Balaban J connectivity index is 1.96. The van der Waals surface area contributed by atoms with Crippen molar-refractivity contribution in [2.24, 2.45) is 0 Å². The second kappa shape index (κ2) is 5.65. The summed E-state index contributed by atoms with van der Waals surface area (Å²) in [5.41, 5.74) is 0.866. The van der Waals surface area contributed by atoms with Crippen LogP contribution in [0.5, 0.6) is 0 Å². The summed E-state index contributed by atoms with van der Waals surface area (Å²) in [5, 5.41) is 2.59. The highest BCUT2D eigenvalue weighted by Crippen LogP contribution is 2.15. The van der Waals surface area contributed by atoms with Gasteiger partial charge in [0.05, 0.1) is 0 Å². The van der Waals surface area contributed by atoms with Crippen LogP contribution < -0.4 is 5.32 Å². The van der Waals surface area contributed by atoms with Gasteiger partial charge in [-0.05, 0) is 30.2 Å². The van der Waals surface area contributed by atoms with E-state index in [2.05, 4.69) is 11.9 Å². The Morgan fingerprint density at radius 1 is 1.47 bits per heavy atom. The molecule has 5 heteroatoms. The van der Waals surface area contributed by atoms with Gasteiger partial charge in [0.1, 0.15) is 11.9 Å². The second-order valence-electron chi connectivity index (χ2n) is 4.44. The van der Waals surface area contributed by atoms with E-state index in [4.69, 9.17) is 0 Å². The molecule has 1 unspecified atom stereocenters. The first-order valence-electron chi connectivity index (χ1n) is 6.06. The minimum absolute atomic E-state index is 0.112. The number of carbonyl (C=O) groups excluding carboxylic acids is 2. The quantitative estimate of drug-likeness (QED) is 0.830. The standard InChI is InChI=1S/C14H15FN2O2/c1-2-13(18)16-12-7-8-17(14(12)19)9-10-3-5-11(15)6-4-10/h2-6,12H,1,7-9H2,(H,16,18). The van der Waals surface area contributed by atoms with Gasteiger partial charge in [0.15, 0.2) is 0 Å². The Labute approximate surface area is 110 Å². The summed E-state index contributed by atoms with van der Waals surface area (Å²) in [4.78, 5) is 24.9. The molecule has 1 atom stereocenters. The lowest BCUT2D eigenvalue weighted by atomic mass is 10.2. The summed E-state index contributed by atoms with van der Waals surface area (Å²) in [6.07, 6.45) is 1.73. The van der Waals surface area contributed by atoms with Crippen LogP contribution in [0, 0.1) is 5.82 Å². The van der Waals surface area contributed by atoms with Crippen molar-refractivity contribution in [3.63, 3.8) is 0 Å². The number of benzene rings is 1. The molecule has 0 spiro atoms. The van der Waals surface area contributed by atoms with Crippen LogP contribution in [0.1, 0.15) is 12.0 Å². The summed E-state index contributed by atoms with van der Waals surface area (Å²) >= 11 is 0. The summed E-state index contributed by atoms with van der Waals surface area (Å²) in [7, 11) is 0. The van der Waals surface area contributed by atoms with Crippen molar-refractivity contribution in [1.82, 2.24) is 10.2 Å². The SMILES string of the molecule is C=CC(=O)NC1CCN(Cc2ccc(F)cc2)C1=O. The highest BCUT2D eigenvalue weighted by atomic mass is 19.1. The number of hydrogen-bond acceptors (Lipinski definition) is 2. The third-order valence-corrected chi connectivity index (χ3v) is 3.09. The zero-order valence-electron chi connectivity index (χ0n) is 10.4. The van der Waals surface area contributed by atoms with Crippen molar-refractivity contribution in [3.05, 3.63) is 48.3 Å². The Morgan fingerprint density at radius 3 is 2.79 bits per heavy atom. The third-order valence-electron chi connectivity index (χ3n) is 3.09. The molecular formula is C14H15FN2O2. The summed E-state index contributed by atoms with van der Waals surface area (Å²) in [6, 6.07) is 5.56. The molecule has 0 bridgehead atoms. The van der Waals surface area contributed by atoms with Gasteiger partial charge < -0.3 is 10.2 Å². The van der Waals surface area contributed by atoms with E-state index in [9.17, 15) is 14.0 Å². The van der Waals surface area contributed by atoms with Crippen molar-refractivity contribution in [2.45, 2.75) is 19.0 Å². The molecule has 19 heavy (non-hydrogen) atoms. The Kier molecular flexibility index (Phi) is 3.94. The lowest BCUT2D eigenvalue weighted by Gasteiger charge is -2.17. The van der Waals surface area contributed by atoms with Crippen molar-refractivity contribution < 1.29 is 14.0 Å². The first kappa shape index (κ1) is 13.3. The Morgan fingerprint density at radius 2 is 2.16 bits per heavy atom. The minimum Gasteiger partial charge on any atom is -0.341 e. The van der Waals surface area contributed by atoms with Crippen LogP contribution in [0.15, 0.2) is 36.9 Å². The van der Waals surface area contributed by atoms with E-state index in [0.29, 0.717) is 19.5 Å². The van der Waals surface area contributed by atoms with Gasteiger partial charge in [-0.2, -0.15) is 0 Å². The summed E-state index contributed by atoms with van der Waals surface area (Å²) in [6.45, 7) is 4.36. The first-order valence-corrected chi connectivity index (χ1v) is 6.06. The highest BCUT2D eigenvalue weighted by molar-refractivity contribution is 5.93. The van der Waals surface area contributed by atoms with Crippen molar-refractivity contribution in [1.29, 1.82) is 0 Å². The highest BCUT2D eigenvalue weighted by Gasteiger charge is 2.32. The predicted octanol–water partition coefficient (Wildman–Crippen LogP) is 1.23. The van der Waals surface area contributed by atoms with E-state index in [0.717, 1.165) is 11.6 Å². The molecule has 4 nitrogen and oxygen atoms in total. The van der Waals surface area contributed by atoms with Crippen LogP contribution >= 0.6 is 0 Å². The molecule has 2 amide bonds. The van der Waals surface area contributed by atoms with E-state index in [1.807, 2.05) is 0 Å². The lowest BCUT2D eigenvalue weighted by molar-refractivity contribution is -0.132. The molecule has 0 aromatic heterocycles. The van der Waals surface area contributed by atoms with Gasteiger partial charge in [-0.3, -0.25) is 9.59 Å². The summed E-state index contributed by atoms with van der Waals surface area (Å²) < 4.78 is 12.8. The maximum absolute atomic E-state index is 12.8. The molecule has 0 radical (unpaired) electrons. The number of nitrogens with zero attached hydrogens (tertiary/aromatic N) is 1. The van der Waals surface area contributed by atoms with Crippen LogP contribution in [0.25, 0.3) is 0 Å². The molecule has 100 valence electrons. The zero-order valence-corrected chi connectivity index (χ0v) is 10.4. The van der Waals surface area contributed by atoms with Crippen LogP contribution in [0.4, 0.5) is 4.39 Å². The van der Waals surface area contributed by atoms with Gasteiger partial charge in [0.2, 0.25) is 11.8 Å². The third kappa shape index (κ3) is 3.19. The number of halogens is 1. The minimum atomic E-state index is -0.481. The first-order chi connectivity index (χ1) is 9.10. The molecular weight excluding hydrogens is 247 g/mol. The molecule has 1 aliphatic rings. The number of carbonyl (C=O) groups is 2. The van der Waals surface area contributed by atoms with Crippen molar-refractivity contribution in [3.8, 4) is 0 Å². The molecule has 1 aliphatic heterocycles. The molecule has 1 aromatic rings. The van der Waals surface area contributed by atoms with Crippen molar-refractivity contribution >= 4 is 11.8 Å². The summed E-state index contributed by atoms with van der Waals surface area (Å²) in [5.74, 6) is -0.755. The van der Waals surface area contributed by atoms with Gasteiger partial charge in [0.25, 0.3) is 0 Å². The largest absolute Gasteiger partial charge is 0.341 e. The van der Waals surface area contributed by atoms with Crippen molar-refractivity contribution in [2.75, 3.05) is 6.54 Å². The molecule has 1 fully saturated rings. The average Bonchev–Trinajstić information content (AvgIpc) is 2.74. The van der Waals surface area contributed by atoms with Gasteiger partial charge in [0, 0.05) is 13.1 Å². The molecule has 1 aromatic carbocycles. The molecule has 1 saturated heterocycles. The van der Waals surface area contributed by atoms with Gasteiger partial charge in [-0.1, -0.05) is 18.7 Å². The molecule has 1 N–H and O–H groups in total. The predicted molar refractivity (Wildman–Crippen MR) is 68.6 cm³/mol.